The van der Waals surface area contributed by atoms with Gasteiger partial charge in [-0.15, -0.1) is 0 Å². The Bertz CT molecular complexity index is 310. The fourth-order valence-corrected chi connectivity index (χ4v) is 1.73. The lowest BCUT2D eigenvalue weighted by Gasteiger charge is -2.09. The lowest BCUT2D eigenvalue weighted by molar-refractivity contribution is 0.197. The second-order valence-electron chi connectivity index (χ2n) is 3.85. The molecule has 0 spiro atoms. The van der Waals surface area contributed by atoms with Gasteiger partial charge in [0.25, 0.3) is 5.95 Å². The first-order valence-corrected chi connectivity index (χ1v) is 5.67. The molecular weight excluding hydrogens is 208 g/mol. The van der Waals surface area contributed by atoms with Crippen LogP contribution in [0.3, 0.4) is 0 Å². The monoisotopic (exact) mass is 226 g/mol. The highest BCUT2D eigenvalue weighted by Crippen LogP contribution is 2.15. The van der Waals surface area contributed by atoms with Gasteiger partial charge in [0.15, 0.2) is 0 Å². The molecule has 2 heterocycles. The summed E-state index contributed by atoms with van der Waals surface area (Å²) in [6.07, 6.45) is 2.44. The topological polar surface area (TPSA) is 63.4 Å². The van der Waals surface area contributed by atoms with Crippen LogP contribution in [0.1, 0.15) is 18.7 Å². The third kappa shape index (κ3) is 2.93. The Morgan fingerprint density at radius 1 is 1.44 bits per heavy atom. The molecule has 1 saturated heterocycles. The average Bonchev–Trinajstić information content (AvgIpc) is 2.94. The number of hydrogen-bond acceptors (Lipinski definition) is 6. The molecule has 1 N–H and O–H groups in total. The van der Waals surface area contributed by atoms with Crippen molar-refractivity contribution in [1.82, 2.24) is 15.5 Å². The molecule has 0 aliphatic carbocycles. The van der Waals surface area contributed by atoms with E-state index in [0.29, 0.717) is 19.0 Å². The standard InChI is InChI=1S/C10H18N4O2/c1-15-7-4-11-8-9-12-10(13-16-9)14-5-2-3-6-14/h11H,2-8H2,1H3. The zero-order valence-electron chi connectivity index (χ0n) is 9.61. The van der Waals surface area contributed by atoms with Gasteiger partial charge in [-0.25, -0.2) is 0 Å². The van der Waals surface area contributed by atoms with Gasteiger partial charge in [-0.2, -0.15) is 4.98 Å². The van der Waals surface area contributed by atoms with Crippen molar-refractivity contribution in [3.63, 3.8) is 0 Å². The predicted molar refractivity (Wildman–Crippen MR) is 59.3 cm³/mol. The van der Waals surface area contributed by atoms with E-state index in [1.165, 1.54) is 12.8 Å². The van der Waals surface area contributed by atoms with Crippen molar-refractivity contribution in [2.75, 3.05) is 38.3 Å². The minimum Gasteiger partial charge on any atom is -0.383 e. The molecule has 0 saturated carbocycles. The molecule has 0 radical (unpaired) electrons. The van der Waals surface area contributed by atoms with Crippen molar-refractivity contribution < 1.29 is 9.26 Å². The third-order valence-corrected chi connectivity index (χ3v) is 2.61. The summed E-state index contributed by atoms with van der Waals surface area (Å²) in [7, 11) is 1.68. The number of rotatable bonds is 6. The summed E-state index contributed by atoms with van der Waals surface area (Å²) >= 11 is 0. The van der Waals surface area contributed by atoms with Gasteiger partial charge in [0.2, 0.25) is 5.89 Å². The van der Waals surface area contributed by atoms with Crippen LogP contribution in [0.5, 0.6) is 0 Å². The maximum Gasteiger partial charge on any atom is 0.266 e. The second-order valence-corrected chi connectivity index (χ2v) is 3.85. The molecular formula is C10H18N4O2. The van der Waals surface area contributed by atoms with Crippen LogP contribution in [-0.2, 0) is 11.3 Å². The van der Waals surface area contributed by atoms with Crippen LogP contribution in [0, 0.1) is 0 Å². The van der Waals surface area contributed by atoms with Crippen LogP contribution in [0.25, 0.3) is 0 Å². The molecule has 0 unspecified atom stereocenters. The van der Waals surface area contributed by atoms with Gasteiger partial charge >= 0.3 is 0 Å². The third-order valence-electron chi connectivity index (χ3n) is 2.61. The highest BCUT2D eigenvalue weighted by molar-refractivity contribution is 5.28. The maximum absolute atomic E-state index is 5.15. The molecule has 1 fully saturated rings. The van der Waals surface area contributed by atoms with Gasteiger partial charge in [-0.3, -0.25) is 0 Å². The SMILES string of the molecule is COCCNCc1nc(N2CCCC2)no1. The van der Waals surface area contributed by atoms with Crippen LogP contribution < -0.4 is 10.2 Å². The molecule has 0 atom stereocenters. The lowest BCUT2D eigenvalue weighted by Crippen LogP contribution is -2.20. The largest absolute Gasteiger partial charge is 0.383 e. The van der Waals surface area contributed by atoms with Gasteiger partial charge < -0.3 is 19.5 Å². The lowest BCUT2D eigenvalue weighted by atomic mass is 10.4. The van der Waals surface area contributed by atoms with Crippen molar-refractivity contribution in [2.45, 2.75) is 19.4 Å². The van der Waals surface area contributed by atoms with E-state index in [2.05, 4.69) is 20.4 Å². The van der Waals surface area contributed by atoms with Gasteiger partial charge in [0.05, 0.1) is 13.2 Å². The van der Waals surface area contributed by atoms with Crippen LogP contribution in [0.2, 0.25) is 0 Å². The second kappa shape index (κ2) is 5.81. The molecule has 1 aliphatic rings. The summed E-state index contributed by atoms with van der Waals surface area (Å²) in [5, 5.41) is 7.13. The molecule has 16 heavy (non-hydrogen) atoms. The number of anilines is 1. The Balaban J connectivity index is 1.77. The fourth-order valence-electron chi connectivity index (χ4n) is 1.73. The van der Waals surface area contributed by atoms with Crippen molar-refractivity contribution in [1.29, 1.82) is 0 Å². The fraction of sp³-hybridized carbons (Fsp3) is 0.800. The van der Waals surface area contributed by atoms with Crippen molar-refractivity contribution in [3.8, 4) is 0 Å². The van der Waals surface area contributed by atoms with E-state index in [-0.39, 0.29) is 0 Å². The first-order chi connectivity index (χ1) is 7.90. The average molecular weight is 226 g/mol. The highest BCUT2D eigenvalue weighted by Gasteiger charge is 2.17. The minimum absolute atomic E-state index is 0.601. The number of hydrogen-bond donors (Lipinski definition) is 1. The quantitative estimate of drug-likeness (QED) is 0.709. The van der Waals surface area contributed by atoms with Crippen molar-refractivity contribution in [2.24, 2.45) is 0 Å². The van der Waals surface area contributed by atoms with Gasteiger partial charge in [-0.05, 0) is 18.0 Å². The first-order valence-electron chi connectivity index (χ1n) is 5.67. The zero-order chi connectivity index (χ0) is 11.2. The molecule has 0 bridgehead atoms. The van der Waals surface area contributed by atoms with Gasteiger partial charge in [0, 0.05) is 26.7 Å². The summed E-state index contributed by atoms with van der Waals surface area (Å²) < 4.78 is 10.1. The summed E-state index contributed by atoms with van der Waals surface area (Å²) in [5.41, 5.74) is 0. The summed E-state index contributed by atoms with van der Waals surface area (Å²) in [6, 6.07) is 0. The Morgan fingerprint density at radius 3 is 3.00 bits per heavy atom. The van der Waals surface area contributed by atoms with Crippen molar-refractivity contribution >= 4 is 5.95 Å². The Kier molecular flexibility index (Phi) is 4.12. The smallest absolute Gasteiger partial charge is 0.266 e. The number of aromatic nitrogens is 2. The minimum atomic E-state index is 0.601. The summed E-state index contributed by atoms with van der Waals surface area (Å²) in [5.74, 6) is 1.36. The number of methoxy groups -OCH3 is 1. The maximum atomic E-state index is 5.15. The van der Waals surface area contributed by atoms with E-state index in [1.807, 2.05) is 0 Å². The predicted octanol–water partition coefficient (Wildman–Crippen LogP) is 0.406. The van der Waals surface area contributed by atoms with Crippen molar-refractivity contribution in [3.05, 3.63) is 5.89 Å². The number of nitrogens with one attached hydrogen (secondary N) is 1. The van der Waals surface area contributed by atoms with Crippen LogP contribution in [0.4, 0.5) is 5.95 Å². The molecule has 6 heteroatoms. The van der Waals surface area contributed by atoms with E-state index in [4.69, 9.17) is 9.26 Å². The first kappa shape index (κ1) is 11.3. The van der Waals surface area contributed by atoms with E-state index in [1.54, 1.807) is 7.11 Å². The Morgan fingerprint density at radius 2 is 2.25 bits per heavy atom. The zero-order valence-corrected chi connectivity index (χ0v) is 9.61. The summed E-state index contributed by atoms with van der Waals surface area (Å²) in [4.78, 5) is 6.49. The van der Waals surface area contributed by atoms with E-state index >= 15 is 0 Å². The highest BCUT2D eigenvalue weighted by atomic mass is 16.5. The van der Waals surface area contributed by atoms with E-state index in [0.717, 1.165) is 25.6 Å². The van der Waals surface area contributed by atoms with E-state index in [9.17, 15) is 0 Å². The van der Waals surface area contributed by atoms with Crippen LogP contribution in [0.15, 0.2) is 4.52 Å². The number of nitrogens with zero attached hydrogens (tertiary/aromatic N) is 3. The molecule has 90 valence electrons. The molecule has 2 rings (SSSR count). The Labute approximate surface area is 95.0 Å². The van der Waals surface area contributed by atoms with Gasteiger partial charge in [-0.1, -0.05) is 0 Å². The summed E-state index contributed by atoms with van der Waals surface area (Å²) in [6.45, 7) is 4.15. The van der Waals surface area contributed by atoms with Gasteiger partial charge in [0.1, 0.15) is 0 Å². The Hall–Kier alpha value is -1.14. The molecule has 0 amide bonds. The normalized spacial score (nSPS) is 15.9. The van der Waals surface area contributed by atoms with E-state index < -0.39 is 0 Å². The molecule has 0 aromatic carbocycles. The van der Waals surface area contributed by atoms with Crippen LogP contribution in [-0.4, -0.2) is 43.5 Å². The van der Waals surface area contributed by atoms with Crippen LogP contribution >= 0.6 is 0 Å². The molecule has 6 nitrogen and oxygen atoms in total. The molecule has 1 aromatic rings. The molecule has 1 aliphatic heterocycles. The molecule has 1 aromatic heterocycles. The number of ether oxygens (including phenoxy) is 1.